The van der Waals surface area contributed by atoms with Crippen molar-refractivity contribution >= 4 is 34.1 Å². The van der Waals surface area contributed by atoms with E-state index in [1.54, 1.807) is 18.5 Å². The molecule has 2 heterocycles. The minimum Gasteiger partial charge on any atom is -0.357 e. The third-order valence-corrected chi connectivity index (χ3v) is 5.60. The minimum atomic E-state index is -0.220. The number of nitrogens with zero attached hydrogens (tertiary/aromatic N) is 3. The van der Waals surface area contributed by atoms with Crippen molar-refractivity contribution in [3.63, 3.8) is 0 Å². The van der Waals surface area contributed by atoms with Crippen LogP contribution in [-0.2, 0) is 11.3 Å². The maximum atomic E-state index is 12.5. The Balaban J connectivity index is 1.94. The van der Waals surface area contributed by atoms with Crippen LogP contribution in [0.25, 0.3) is 0 Å². The van der Waals surface area contributed by atoms with Crippen LogP contribution in [-0.4, -0.2) is 32.9 Å². The summed E-state index contributed by atoms with van der Waals surface area (Å²) in [5.74, 6) is 0.173. The molecule has 1 amide bonds. The molecule has 0 spiro atoms. The standard InChI is InChI=1S/C16H21N5OS2/c1-4-7-18-15-20-21-16(24-15)23-13(11(2)3)14(22)19-10-12-6-5-8-17-9-12/h4-6,8-9,11,13H,1,7,10H2,2-3H3,(H,18,20)(H,19,22). The second-order valence-electron chi connectivity index (χ2n) is 5.40. The number of aromatic nitrogens is 3. The first kappa shape index (κ1) is 18.4. The number of pyridine rings is 1. The van der Waals surface area contributed by atoms with E-state index in [0.717, 1.165) is 15.0 Å². The fraction of sp³-hybridized carbons (Fsp3) is 0.375. The molecule has 6 nitrogen and oxygen atoms in total. The van der Waals surface area contributed by atoms with Gasteiger partial charge in [-0.25, -0.2) is 0 Å². The third kappa shape index (κ3) is 5.61. The molecule has 1 atom stereocenters. The van der Waals surface area contributed by atoms with Crippen molar-refractivity contribution < 1.29 is 4.79 Å². The van der Waals surface area contributed by atoms with Gasteiger partial charge in [-0.05, 0) is 17.5 Å². The fourth-order valence-corrected chi connectivity index (χ4v) is 3.87. The molecule has 0 aliphatic rings. The molecule has 0 fully saturated rings. The second-order valence-corrected chi connectivity index (χ2v) is 7.77. The van der Waals surface area contributed by atoms with E-state index in [9.17, 15) is 4.79 Å². The third-order valence-electron chi connectivity index (χ3n) is 3.09. The summed E-state index contributed by atoms with van der Waals surface area (Å²) < 4.78 is 0.775. The molecular formula is C16H21N5OS2. The number of nitrogens with one attached hydrogen (secondary N) is 2. The maximum Gasteiger partial charge on any atom is 0.234 e. The number of rotatable bonds is 9. The fourth-order valence-electron chi connectivity index (χ4n) is 1.88. The summed E-state index contributed by atoms with van der Waals surface area (Å²) in [6, 6.07) is 3.79. The summed E-state index contributed by atoms with van der Waals surface area (Å²) >= 11 is 2.89. The molecule has 2 rings (SSSR count). The summed E-state index contributed by atoms with van der Waals surface area (Å²) in [6.45, 7) is 8.82. The Labute approximate surface area is 150 Å². The molecule has 0 radical (unpaired) electrons. The van der Waals surface area contributed by atoms with Gasteiger partial charge >= 0.3 is 0 Å². The first-order valence-corrected chi connectivity index (χ1v) is 9.31. The molecule has 128 valence electrons. The molecule has 2 aromatic heterocycles. The molecule has 2 N–H and O–H groups in total. The Morgan fingerprint density at radius 3 is 2.96 bits per heavy atom. The van der Waals surface area contributed by atoms with E-state index in [1.807, 2.05) is 26.0 Å². The number of thioether (sulfide) groups is 1. The van der Waals surface area contributed by atoms with E-state index >= 15 is 0 Å². The van der Waals surface area contributed by atoms with Crippen molar-refractivity contribution in [2.75, 3.05) is 11.9 Å². The van der Waals surface area contributed by atoms with Crippen LogP contribution in [0.15, 0.2) is 41.5 Å². The summed E-state index contributed by atoms with van der Waals surface area (Å²) in [5.41, 5.74) is 0.977. The minimum absolute atomic E-state index is 0.00495. The van der Waals surface area contributed by atoms with Gasteiger partial charge in [-0.1, -0.05) is 49.1 Å². The van der Waals surface area contributed by atoms with Crippen molar-refractivity contribution in [2.45, 2.75) is 30.0 Å². The first-order chi connectivity index (χ1) is 11.6. The van der Waals surface area contributed by atoms with Crippen molar-refractivity contribution in [1.29, 1.82) is 0 Å². The van der Waals surface area contributed by atoms with Gasteiger partial charge in [0.25, 0.3) is 0 Å². The lowest BCUT2D eigenvalue weighted by Gasteiger charge is -2.18. The lowest BCUT2D eigenvalue weighted by atomic mass is 10.1. The molecule has 0 bridgehead atoms. The SMILES string of the molecule is C=CCNc1nnc(SC(C(=O)NCc2cccnc2)C(C)C)s1. The topological polar surface area (TPSA) is 79.8 Å². The molecule has 0 aliphatic carbocycles. The average molecular weight is 364 g/mol. The highest BCUT2D eigenvalue weighted by atomic mass is 32.2. The monoisotopic (exact) mass is 363 g/mol. The van der Waals surface area contributed by atoms with Gasteiger partial charge in [-0.15, -0.1) is 16.8 Å². The normalized spacial score (nSPS) is 12.0. The molecule has 8 heteroatoms. The van der Waals surface area contributed by atoms with Crippen LogP contribution in [0.2, 0.25) is 0 Å². The molecule has 0 saturated heterocycles. The van der Waals surface area contributed by atoms with Gasteiger partial charge < -0.3 is 10.6 Å². The number of carbonyl (C=O) groups is 1. The summed E-state index contributed by atoms with van der Waals surface area (Å²) in [4.78, 5) is 16.6. The predicted octanol–water partition coefficient (Wildman–Crippen LogP) is 2.96. The van der Waals surface area contributed by atoms with Crippen molar-refractivity contribution in [3.8, 4) is 0 Å². The molecule has 2 aromatic rings. The Morgan fingerprint density at radius 2 is 2.29 bits per heavy atom. The quantitative estimate of drug-likeness (QED) is 0.527. The van der Waals surface area contributed by atoms with Crippen molar-refractivity contribution in [3.05, 3.63) is 42.7 Å². The summed E-state index contributed by atoms with van der Waals surface area (Å²) in [7, 11) is 0. The van der Waals surface area contributed by atoms with Crippen LogP contribution >= 0.6 is 23.1 Å². The highest BCUT2D eigenvalue weighted by Gasteiger charge is 2.25. The van der Waals surface area contributed by atoms with Crippen LogP contribution < -0.4 is 10.6 Å². The summed E-state index contributed by atoms with van der Waals surface area (Å²) in [5, 5.41) is 14.8. The zero-order valence-corrected chi connectivity index (χ0v) is 15.4. The lowest BCUT2D eigenvalue weighted by Crippen LogP contribution is -2.35. The van der Waals surface area contributed by atoms with Crippen LogP contribution in [0.3, 0.4) is 0 Å². The molecule has 0 aromatic carbocycles. The maximum absolute atomic E-state index is 12.5. The van der Waals surface area contributed by atoms with Gasteiger partial charge in [0.2, 0.25) is 11.0 Å². The first-order valence-electron chi connectivity index (χ1n) is 7.61. The molecule has 0 aliphatic heterocycles. The number of carbonyl (C=O) groups excluding carboxylic acids is 1. The number of anilines is 1. The van der Waals surface area contributed by atoms with Crippen LogP contribution in [0.5, 0.6) is 0 Å². The Hall–Kier alpha value is -1.93. The van der Waals surface area contributed by atoms with E-state index < -0.39 is 0 Å². The molecular weight excluding hydrogens is 342 g/mol. The van der Waals surface area contributed by atoms with E-state index in [4.69, 9.17) is 0 Å². The summed E-state index contributed by atoms with van der Waals surface area (Å²) in [6.07, 6.45) is 5.22. The van der Waals surface area contributed by atoms with E-state index in [1.165, 1.54) is 23.1 Å². The van der Waals surface area contributed by atoms with Gasteiger partial charge in [-0.2, -0.15) is 0 Å². The molecule has 1 unspecified atom stereocenters. The highest BCUT2D eigenvalue weighted by molar-refractivity contribution is 8.02. The average Bonchev–Trinajstić information content (AvgIpc) is 3.04. The Kier molecular flexibility index (Phi) is 7.20. The van der Waals surface area contributed by atoms with Crippen LogP contribution in [0.4, 0.5) is 5.13 Å². The van der Waals surface area contributed by atoms with E-state index in [2.05, 4.69) is 32.4 Å². The van der Waals surface area contributed by atoms with Crippen molar-refractivity contribution in [1.82, 2.24) is 20.5 Å². The molecule has 0 saturated carbocycles. The Bertz CT molecular complexity index is 659. The van der Waals surface area contributed by atoms with E-state index in [-0.39, 0.29) is 17.1 Å². The van der Waals surface area contributed by atoms with Gasteiger partial charge in [0.1, 0.15) is 0 Å². The van der Waals surface area contributed by atoms with E-state index in [0.29, 0.717) is 13.1 Å². The van der Waals surface area contributed by atoms with Gasteiger partial charge in [-0.3, -0.25) is 9.78 Å². The lowest BCUT2D eigenvalue weighted by molar-refractivity contribution is -0.121. The van der Waals surface area contributed by atoms with Gasteiger partial charge in [0, 0.05) is 25.5 Å². The zero-order valence-electron chi connectivity index (χ0n) is 13.7. The van der Waals surface area contributed by atoms with Gasteiger partial charge in [0.15, 0.2) is 4.34 Å². The van der Waals surface area contributed by atoms with Gasteiger partial charge in [0.05, 0.1) is 5.25 Å². The second kappa shape index (κ2) is 9.39. The predicted molar refractivity (Wildman–Crippen MR) is 99.2 cm³/mol. The number of hydrogen-bond donors (Lipinski definition) is 2. The largest absolute Gasteiger partial charge is 0.357 e. The highest BCUT2D eigenvalue weighted by Crippen LogP contribution is 2.32. The number of hydrogen-bond acceptors (Lipinski definition) is 7. The Morgan fingerprint density at radius 1 is 1.46 bits per heavy atom. The molecule has 24 heavy (non-hydrogen) atoms. The van der Waals surface area contributed by atoms with Crippen molar-refractivity contribution in [2.24, 2.45) is 5.92 Å². The zero-order chi connectivity index (χ0) is 17.4. The van der Waals surface area contributed by atoms with Crippen LogP contribution in [0, 0.1) is 5.92 Å². The smallest absolute Gasteiger partial charge is 0.234 e. The number of amides is 1. The van der Waals surface area contributed by atoms with Crippen LogP contribution in [0.1, 0.15) is 19.4 Å².